The van der Waals surface area contributed by atoms with Crippen molar-refractivity contribution in [3.05, 3.63) is 35.4 Å². The zero-order chi connectivity index (χ0) is 14.8. The van der Waals surface area contributed by atoms with E-state index in [0.29, 0.717) is 17.8 Å². The molecule has 2 atom stereocenters. The lowest BCUT2D eigenvalue weighted by Crippen LogP contribution is -2.20. The van der Waals surface area contributed by atoms with Crippen molar-refractivity contribution in [2.75, 3.05) is 0 Å². The second kappa shape index (κ2) is 6.00. The summed E-state index contributed by atoms with van der Waals surface area (Å²) in [6, 6.07) is 8.32. The van der Waals surface area contributed by atoms with E-state index in [-0.39, 0.29) is 11.8 Å². The third kappa shape index (κ3) is 3.17. The lowest BCUT2D eigenvalue weighted by Gasteiger charge is -2.04. The first-order valence-electron chi connectivity index (χ1n) is 8.09. The van der Waals surface area contributed by atoms with Gasteiger partial charge in [0.2, 0.25) is 5.91 Å². The Morgan fingerprint density at radius 2 is 1.81 bits per heavy atom. The fourth-order valence-corrected chi connectivity index (χ4v) is 3.59. The normalized spacial score (nSPS) is 27.7. The predicted molar refractivity (Wildman–Crippen MR) is 85.2 cm³/mol. The Kier molecular flexibility index (Phi) is 4.09. The molecule has 112 valence electrons. The van der Waals surface area contributed by atoms with Gasteiger partial charge in [-0.2, -0.15) is 5.10 Å². The Balaban J connectivity index is 1.51. The number of hydrogen-bond donors (Lipinski definition) is 1. The van der Waals surface area contributed by atoms with Crippen LogP contribution in [-0.4, -0.2) is 12.1 Å². The third-order valence-corrected chi connectivity index (χ3v) is 4.95. The van der Waals surface area contributed by atoms with E-state index in [2.05, 4.69) is 36.5 Å². The van der Waals surface area contributed by atoms with Gasteiger partial charge in [-0.25, -0.2) is 5.43 Å². The number of nitrogens with zero attached hydrogens (tertiary/aromatic N) is 1. The van der Waals surface area contributed by atoms with Crippen LogP contribution in [0.25, 0.3) is 0 Å². The van der Waals surface area contributed by atoms with Crippen LogP contribution in [0.5, 0.6) is 0 Å². The van der Waals surface area contributed by atoms with E-state index in [1.807, 2.05) is 12.1 Å². The molecular formula is C18H24N2O. The molecule has 2 aliphatic carbocycles. The van der Waals surface area contributed by atoms with Crippen LogP contribution in [0.4, 0.5) is 0 Å². The summed E-state index contributed by atoms with van der Waals surface area (Å²) >= 11 is 0. The molecule has 3 heteroatoms. The molecule has 21 heavy (non-hydrogen) atoms. The summed E-state index contributed by atoms with van der Waals surface area (Å²) < 4.78 is 0. The maximum atomic E-state index is 12.1. The number of carbonyl (C=O) groups excluding carboxylic acids is 1. The maximum absolute atomic E-state index is 12.1. The van der Waals surface area contributed by atoms with Crippen molar-refractivity contribution in [1.82, 2.24) is 5.43 Å². The van der Waals surface area contributed by atoms with E-state index in [1.165, 1.54) is 31.2 Å². The van der Waals surface area contributed by atoms with Gasteiger partial charge in [-0.1, -0.05) is 51.0 Å². The van der Waals surface area contributed by atoms with E-state index >= 15 is 0 Å². The standard InChI is InChI=1S/C18H24N2O/c1-12(2)14-9-7-13(8-10-14)11-19-20-18(21)17-15-5-3-4-6-16(15)17/h7-12,15-17H,3-6H2,1-2H3,(H,20,21)/b19-11-/t15-,16-/m0/s1. The average molecular weight is 284 g/mol. The van der Waals surface area contributed by atoms with Gasteiger partial charge >= 0.3 is 0 Å². The monoisotopic (exact) mass is 284 g/mol. The van der Waals surface area contributed by atoms with Crippen molar-refractivity contribution < 1.29 is 4.79 Å². The topological polar surface area (TPSA) is 41.5 Å². The Hall–Kier alpha value is -1.64. The van der Waals surface area contributed by atoms with Crippen molar-refractivity contribution in [3.8, 4) is 0 Å². The number of benzene rings is 1. The van der Waals surface area contributed by atoms with Crippen molar-refractivity contribution in [1.29, 1.82) is 0 Å². The Morgan fingerprint density at radius 3 is 2.38 bits per heavy atom. The Bertz CT molecular complexity index is 521. The highest BCUT2D eigenvalue weighted by Crippen LogP contribution is 2.55. The van der Waals surface area contributed by atoms with Crippen LogP contribution in [-0.2, 0) is 4.79 Å². The summed E-state index contributed by atoms with van der Waals surface area (Å²) in [5.74, 6) is 2.15. The first kappa shape index (κ1) is 14.3. The molecule has 0 saturated heterocycles. The smallest absolute Gasteiger partial charge is 0.243 e. The van der Waals surface area contributed by atoms with E-state index in [0.717, 1.165) is 5.56 Å². The average Bonchev–Trinajstić information content (AvgIpc) is 3.22. The first-order valence-corrected chi connectivity index (χ1v) is 8.09. The molecule has 1 amide bonds. The molecule has 2 saturated carbocycles. The van der Waals surface area contributed by atoms with Gasteiger partial charge in [0, 0.05) is 5.92 Å². The number of hydrazone groups is 1. The largest absolute Gasteiger partial charge is 0.273 e. The van der Waals surface area contributed by atoms with Crippen LogP contribution >= 0.6 is 0 Å². The molecule has 3 rings (SSSR count). The molecule has 0 bridgehead atoms. The van der Waals surface area contributed by atoms with Gasteiger partial charge < -0.3 is 0 Å². The van der Waals surface area contributed by atoms with Gasteiger partial charge in [0.1, 0.15) is 0 Å². The fourth-order valence-electron chi connectivity index (χ4n) is 3.59. The van der Waals surface area contributed by atoms with Gasteiger partial charge in [-0.15, -0.1) is 0 Å². The minimum absolute atomic E-state index is 0.113. The summed E-state index contributed by atoms with van der Waals surface area (Å²) in [5, 5.41) is 4.11. The number of nitrogens with one attached hydrogen (secondary N) is 1. The van der Waals surface area contributed by atoms with Crippen LogP contribution in [0, 0.1) is 17.8 Å². The molecule has 0 unspecified atom stereocenters. The molecule has 1 N–H and O–H groups in total. The summed E-state index contributed by atoms with van der Waals surface area (Å²) in [6.45, 7) is 4.36. The van der Waals surface area contributed by atoms with Gasteiger partial charge in [0.05, 0.1) is 6.21 Å². The first-order chi connectivity index (χ1) is 10.2. The van der Waals surface area contributed by atoms with E-state index in [4.69, 9.17) is 0 Å². The van der Waals surface area contributed by atoms with Crippen molar-refractivity contribution in [2.24, 2.45) is 22.9 Å². The maximum Gasteiger partial charge on any atom is 0.243 e. The van der Waals surface area contributed by atoms with Gasteiger partial charge in [-0.05, 0) is 41.7 Å². The number of carbonyl (C=O) groups is 1. The number of fused-ring (bicyclic) bond motifs is 1. The van der Waals surface area contributed by atoms with E-state index < -0.39 is 0 Å². The second-order valence-electron chi connectivity index (χ2n) is 6.69. The lowest BCUT2D eigenvalue weighted by molar-refractivity contribution is -0.122. The number of amides is 1. The second-order valence-corrected chi connectivity index (χ2v) is 6.69. The minimum atomic E-state index is 0.113. The van der Waals surface area contributed by atoms with Crippen LogP contribution in [0.3, 0.4) is 0 Å². The highest BCUT2D eigenvalue weighted by molar-refractivity contribution is 5.85. The predicted octanol–water partition coefficient (Wildman–Crippen LogP) is 3.70. The van der Waals surface area contributed by atoms with Crippen LogP contribution in [0.2, 0.25) is 0 Å². The summed E-state index contributed by atoms with van der Waals surface area (Å²) in [5.41, 5.74) is 5.06. The van der Waals surface area contributed by atoms with Gasteiger partial charge in [0.25, 0.3) is 0 Å². The highest BCUT2D eigenvalue weighted by Gasteiger charge is 2.54. The molecule has 0 aliphatic heterocycles. The van der Waals surface area contributed by atoms with Crippen molar-refractivity contribution >= 4 is 12.1 Å². The molecule has 2 fully saturated rings. The van der Waals surface area contributed by atoms with Crippen molar-refractivity contribution in [3.63, 3.8) is 0 Å². The molecule has 1 aromatic rings. The van der Waals surface area contributed by atoms with Gasteiger partial charge in [-0.3, -0.25) is 4.79 Å². The molecule has 0 spiro atoms. The molecular weight excluding hydrogens is 260 g/mol. The molecule has 3 nitrogen and oxygen atoms in total. The van der Waals surface area contributed by atoms with Crippen LogP contribution in [0.1, 0.15) is 56.6 Å². The molecule has 1 aromatic carbocycles. The molecule has 0 heterocycles. The quantitative estimate of drug-likeness (QED) is 0.665. The SMILES string of the molecule is CC(C)c1ccc(/C=N\NC(=O)C2[C@H]3CCCC[C@H]23)cc1. The molecule has 2 aliphatic rings. The number of rotatable bonds is 4. The fraction of sp³-hybridized carbons (Fsp3) is 0.556. The highest BCUT2D eigenvalue weighted by atomic mass is 16.2. The lowest BCUT2D eigenvalue weighted by atomic mass is 10.0. The van der Waals surface area contributed by atoms with Crippen molar-refractivity contribution in [2.45, 2.75) is 45.4 Å². The number of hydrogen-bond acceptors (Lipinski definition) is 2. The van der Waals surface area contributed by atoms with Crippen LogP contribution in [0.15, 0.2) is 29.4 Å². The van der Waals surface area contributed by atoms with E-state index in [1.54, 1.807) is 6.21 Å². The third-order valence-electron chi connectivity index (χ3n) is 4.95. The summed E-state index contributed by atoms with van der Waals surface area (Å²) in [4.78, 5) is 12.1. The summed E-state index contributed by atoms with van der Waals surface area (Å²) in [7, 11) is 0. The Morgan fingerprint density at radius 1 is 1.19 bits per heavy atom. The molecule has 0 aromatic heterocycles. The summed E-state index contributed by atoms with van der Waals surface area (Å²) in [6.07, 6.45) is 6.76. The van der Waals surface area contributed by atoms with Crippen LogP contribution < -0.4 is 5.43 Å². The zero-order valence-electron chi connectivity index (χ0n) is 12.9. The minimum Gasteiger partial charge on any atom is -0.273 e. The molecule has 0 radical (unpaired) electrons. The zero-order valence-corrected chi connectivity index (χ0v) is 12.9. The van der Waals surface area contributed by atoms with E-state index in [9.17, 15) is 4.79 Å². The Labute approximate surface area is 126 Å². The van der Waals surface area contributed by atoms with Gasteiger partial charge in [0.15, 0.2) is 0 Å².